The highest BCUT2D eigenvalue weighted by Crippen LogP contribution is 2.19. The zero-order valence-corrected chi connectivity index (χ0v) is 9.23. The number of nitrogens with two attached hydrogens (primary N) is 2. The van der Waals surface area contributed by atoms with Gasteiger partial charge < -0.3 is 10.5 Å². The predicted molar refractivity (Wildman–Crippen MR) is 62.4 cm³/mol. The first-order valence-electron chi connectivity index (χ1n) is 5.54. The molecule has 1 aliphatic heterocycles. The van der Waals surface area contributed by atoms with Crippen molar-refractivity contribution in [2.45, 2.75) is 18.9 Å². The van der Waals surface area contributed by atoms with Crippen LogP contribution < -0.4 is 17.0 Å². The summed E-state index contributed by atoms with van der Waals surface area (Å²) >= 11 is 0. The van der Waals surface area contributed by atoms with Gasteiger partial charge in [-0.05, 0) is 30.5 Å². The quantitative estimate of drug-likeness (QED) is 0.496. The second-order valence-corrected chi connectivity index (χ2v) is 4.19. The first-order valence-corrected chi connectivity index (χ1v) is 5.54. The first-order chi connectivity index (χ1) is 7.79. The van der Waals surface area contributed by atoms with Crippen LogP contribution in [-0.2, 0) is 11.2 Å². The molecule has 2 atom stereocenters. The summed E-state index contributed by atoms with van der Waals surface area (Å²) < 4.78 is 5.37. The minimum atomic E-state index is 0.240. The van der Waals surface area contributed by atoms with Gasteiger partial charge in [-0.2, -0.15) is 0 Å². The van der Waals surface area contributed by atoms with E-state index in [1.165, 1.54) is 0 Å². The summed E-state index contributed by atoms with van der Waals surface area (Å²) in [5.74, 6) is 6.62. The molecular weight excluding hydrogens is 204 g/mol. The molecule has 0 saturated carbocycles. The van der Waals surface area contributed by atoms with Crippen molar-refractivity contribution >= 4 is 5.82 Å². The van der Waals surface area contributed by atoms with Crippen molar-refractivity contribution in [3.8, 4) is 0 Å². The minimum absolute atomic E-state index is 0.240. The van der Waals surface area contributed by atoms with Gasteiger partial charge in [-0.1, -0.05) is 0 Å². The van der Waals surface area contributed by atoms with E-state index in [0.717, 1.165) is 31.6 Å². The van der Waals surface area contributed by atoms with Gasteiger partial charge in [0.1, 0.15) is 5.82 Å². The molecular formula is C11H18N4O. The number of nitrogen functional groups attached to an aromatic ring is 1. The molecule has 0 amide bonds. The van der Waals surface area contributed by atoms with Crippen LogP contribution in [0.15, 0.2) is 18.3 Å². The maximum atomic E-state index is 5.64. The lowest BCUT2D eigenvalue weighted by molar-refractivity contribution is 0.176. The Morgan fingerprint density at radius 1 is 1.62 bits per heavy atom. The van der Waals surface area contributed by atoms with Crippen LogP contribution in [0.4, 0.5) is 5.82 Å². The molecule has 1 saturated heterocycles. The van der Waals surface area contributed by atoms with Gasteiger partial charge >= 0.3 is 0 Å². The summed E-state index contributed by atoms with van der Waals surface area (Å²) in [5.41, 5.74) is 9.67. The van der Waals surface area contributed by atoms with E-state index < -0.39 is 0 Å². The maximum absolute atomic E-state index is 5.64. The number of nitrogens with zero attached hydrogens (tertiary/aromatic N) is 1. The molecule has 5 N–H and O–H groups in total. The zero-order valence-electron chi connectivity index (χ0n) is 9.23. The first kappa shape index (κ1) is 11.3. The van der Waals surface area contributed by atoms with Crippen molar-refractivity contribution in [2.75, 3.05) is 18.9 Å². The van der Waals surface area contributed by atoms with Crippen molar-refractivity contribution in [1.29, 1.82) is 0 Å². The number of hydrogen-bond acceptors (Lipinski definition) is 5. The summed E-state index contributed by atoms with van der Waals surface area (Å²) in [6, 6.07) is 4.10. The second-order valence-electron chi connectivity index (χ2n) is 4.19. The highest BCUT2D eigenvalue weighted by atomic mass is 16.5. The van der Waals surface area contributed by atoms with E-state index in [0.29, 0.717) is 11.7 Å². The summed E-state index contributed by atoms with van der Waals surface area (Å²) in [7, 11) is 0. The van der Waals surface area contributed by atoms with Crippen LogP contribution in [0.25, 0.3) is 0 Å². The van der Waals surface area contributed by atoms with E-state index in [1.54, 1.807) is 6.20 Å². The van der Waals surface area contributed by atoms with Crippen molar-refractivity contribution in [2.24, 2.45) is 11.8 Å². The normalized spacial score (nSPS) is 22.2. The number of ether oxygens (including phenoxy) is 1. The zero-order chi connectivity index (χ0) is 11.4. The number of aromatic nitrogens is 1. The number of pyridine rings is 1. The summed E-state index contributed by atoms with van der Waals surface area (Å²) in [6.07, 6.45) is 3.65. The Hall–Kier alpha value is -1.17. The van der Waals surface area contributed by atoms with E-state index in [-0.39, 0.29) is 6.04 Å². The Morgan fingerprint density at radius 2 is 2.50 bits per heavy atom. The fraction of sp³-hybridized carbons (Fsp3) is 0.545. The van der Waals surface area contributed by atoms with Gasteiger partial charge in [0.05, 0.1) is 6.61 Å². The Balaban J connectivity index is 2.00. The van der Waals surface area contributed by atoms with Crippen LogP contribution in [0, 0.1) is 5.92 Å². The van der Waals surface area contributed by atoms with Crippen LogP contribution in [0.2, 0.25) is 0 Å². The van der Waals surface area contributed by atoms with Gasteiger partial charge in [0.2, 0.25) is 0 Å². The van der Waals surface area contributed by atoms with Crippen molar-refractivity contribution in [1.82, 2.24) is 10.4 Å². The third kappa shape index (κ3) is 2.69. The summed E-state index contributed by atoms with van der Waals surface area (Å²) in [4.78, 5) is 3.97. The van der Waals surface area contributed by atoms with Gasteiger partial charge in [-0.3, -0.25) is 11.3 Å². The average Bonchev–Trinajstić information content (AvgIpc) is 2.79. The predicted octanol–water partition coefficient (Wildman–Crippen LogP) is 0.0747. The number of anilines is 1. The van der Waals surface area contributed by atoms with Gasteiger partial charge in [-0.25, -0.2) is 4.98 Å². The summed E-state index contributed by atoms with van der Waals surface area (Å²) in [5, 5.41) is 0. The van der Waals surface area contributed by atoms with E-state index in [1.807, 2.05) is 12.1 Å². The molecule has 2 rings (SSSR count). The van der Waals surface area contributed by atoms with E-state index in [9.17, 15) is 0 Å². The van der Waals surface area contributed by atoms with E-state index >= 15 is 0 Å². The SMILES string of the molecule is NNC(Cc1ccnc(N)c1)C1CCOC1. The number of rotatable bonds is 4. The lowest BCUT2D eigenvalue weighted by atomic mass is 9.94. The molecule has 0 aromatic carbocycles. The van der Waals surface area contributed by atoms with E-state index in [4.69, 9.17) is 16.3 Å². The Kier molecular flexibility index (Phi) is 3.71. The molecule has 1 fully saturated rings. The smallest absolute Gasteiger partial charge is 0.123 e. The molecule has 1 aliphatic rings. The maximum Gasteiger partial charge on any atom is 0.123 e. The fourth-order valence-corrected chi connectivity index (χ4v) is 2.11. The molecule has 0 radical (unpaired) electrons. The van der Waals surface area contributed by atoms with E-state index in [2.05, 4.69) is 10.4 Å². The second kappa shape index (κ2) is 5.25. The van der Waals surface area contributed by atoms with Crippen LogP contribution in [0.3, 0.4) is 0 Å². The lowest BCUT2D eigenvalue weighted by Gasteiger charge is -2.21. The Labute approximate surface area is 95.1 Å². The molecule has 5 heteroatoms. The van der Waals surface area contributed by atoms with Crippen molar-refractivity contribution in [3.05, 3.63) is 23.9 Å². The number of hydrogen-bond donors (Lipinski definition) is 3. The topological polar surface area (TPSA) is 86.2 Å². The largest absolute Gasteiger partial charge is 0.384 e. The Morgan fingerprint density at radius 3 is 3.12 bits per heavy atom. The number of nitrogens with one attached hydrogen (secondary N) is 1. The minimum Gasteiger partial charge on any atom is -0.384 e. The standard InChI is InChI=1S/C11H18N4O/c12-11-6-8(1-3-14-11)5-10(15-13)9-2-4-16-7-9/h1,3,6,9-10,15H,2,4-5,7,13H2,(H2,12,14). The van der Waals surface area contributed by atoms with Crippen LogP contribution >= 0.6 is 0 Å². The van der Waals surface area contributed by atoms with Crippen molar-refractivity contribution in [3.63, 3.8) is 0 Å². The van der Waals surface area contributed by atoms with Gasteiger partial charge in [0.25, 0.3) is 0 Å². The Bertz CT molecular complexity index is 339. The lowest BCUT2D eigenvalue weighted by Crippen LogP contribution is -2.42. The molecule has 88 valence electrons. The summed E-state index contributed by atoms with van der Waals surface area (Å²) in [6.45, 7) is 1.62. The van der Waals surface area contributed by atoms with Crippen molar-refractivity contribution < 1.29 is 4.74 Å². The molecule has 2 heterocycles. The third-order valence-electron chi connectivity index (χ3n) is 3.05. The molecule has 1 aromatic rings. The van der Waals surface area contributed by atoms with Crippen LogP contribution in [-0.4, -0.2) is 24.2 Å². The fourth-order valence-electron chi connectivity index (χ4n) is 2.11. The van der Waals surface area contributed by atoms with Gasteiger partial charge in [0.15, 0.2) is 0 Å². The molecule has 0 aliphatic carbocycles. The molecule has 16 heavy (non-hydrogen) atoms. The molecule has 0 spiro atoms. The van der Waals surface area contributed by atoms with Gasteiger partial charge in [-0.15, -0.1) is 0 Å². The molecule has 1 aromatic heterocycles. The monoisotopic (exact) mass is 222 g/mol. The highest BCUT2D eigenvalue weighted by molar-refractivity contribution is 5.32. The van der Waals surface area contributed by atoms with Gasteiger partial charge in [0, 0.05) is 24.8 Å². The molecule has 2 unspecified atom stereocenters. The van der Waals surface area contributed by atoms with Crippen LogP contribution in [0.5, 0.6) is 0 Å². The third-order valence-corrected chi connectivity index (χ3v) is 3.05. The highest BCUT2D eigenvalue weighted by Gasteiger charge is 2.24. The molecule has 0 bridgehead atoms. The number of hydrazine groups is 1. The molecule has 5 nitrogen and oxygen atoms in total. The van der Waals surface area contributed by atoms with Crippen LogP contribution in [0.1, 0.15) is 12.0 Å². The average molecular weight is 222 g/mol.